The van der Waals surface area contributed by atoms with Gasteiger partial charge in [-0.2, -0.15) is 0 Å². The minimum absolute atomic E-state index is 0. The van der Waals surface area contributed by atoms with Gasteiger partial charge in [0.1, 0.15) is 47.9 Å². The summed E-state index contributed by atoms with van der Waals surface area (Å²) in [6, 6.07) is 30.2. The van der Waals surface area contributed by atoms with E-state index in [9.17, 15) is 19.2 Å². The molecule has 18 nitrogen and oxygen atoms in total. The van der Waals surface area contributed by atoms with Crippen molar-refractivity contribution in [2.45, 2.75) is 72.9 Å². The molecule has 0 saturated heterocycles. The van der Waals surface area contributed by atoms with E-state index in [2.05, 4.69) is 66.5 Å². The summed E-state index contributed by atoms with van der Waals surface area (Å²) in [6.07, 6.45) is 15.9. The van der Waals surface area contributed by atoms with E-state index in [1.165, 1.54) is 25.3 Å². The van der Waals surface area contributed by atoms with Gasteiger partial charge in [-0.3, -0.25) is 19.2 Å². The molecule has 4 aromatic heterocycles. The second kappa shape index (κ2) is 25.8. The zero-order chi connectivity index (χ0) is 52.8. The van der Waals surface area contributed by atoms with E-state index < -0.39 is 0 Å². The molecule has 4 unspecified atom stereocenters. The molecule has 0 spiro atoms. The number of Topliss-reactive ketones (excluding diaryl/α,β-unsaturated/α-hetero) is 2. The first-order chi connectivity index (χ1) is 36.3. The Bertz CT molecular complexity index is 3170. The molecule has 7 N–H and O–H groups in total. The average molecular weight is 1040 g/mol. The first kappa shape index (κ1) is 54.7. The van der Waals surface area contributed by atoms with Crippen LogP contribution in [-0.2, 0) is 25.7 Å². The quantitative estimate of drug-likeness (QED) is 0.0669. The van der Waals surface area contributed by atoms with Crippen LogP contribution in [0.4, 0.5) is 40.2 Å². The van der Waals surface area contributed by atoms with E-state index >= 15 is 0 Å². The Morgan fingerprint density at radius 1 is 0.461 bits per heavy atom. The summed E-state index contributed by atoms with van der Waals surface area (Å²) in [7, 11) is 0. The molecule has 12 rings (SSSR count). The Hall–Kier alpha value is -9.03. The van der Waals surface area contributed by atoms with E-state index in [0.717, 1.165) is 110 Å². The largest absolute Gasteiger partial charge is 0.399 e. The number of aromatic nitrogens is 8. The third-order valence-corrected chi connectivity index (χ3v) is 12.6. The highest BCUT2D eigenvalue weighted by Crippen LogP contribution is 2.31. The summed E-state index contributed by atoms with van der Waals surface area (Å²) in [5, 5.41) is 15.9. The van der Waals surface area contributed by atoms with Crippen LogP contribution in [0.5, 0.6) is 0 Å². The maximum atomic E-state index is 11.8. The predicted molar refractivity (Wildman–Crippen MR) is 296 cm³/mol. The molecule has 2 amide bonds. The molecule has 4 aromatic carbocycles. The first-order valence-electron chi connectivity index (χ1n) is 24.2. The third-order valence-electron chi connectivity index (χ3n) is 12.3. The fourth-order valence-electron chi connectivity index (χ4n) is 8.78. The Labute approximate surface area is 446 Å². The van der Waals surface area contributed by atoms with Crippen molar-refractivity contribution < 1.29 is 19.2 Å². The Morgan fingerprint density at radius 3 is 1.17 bits per heavy atom. The van der Waals surface area contributed by atoms with Gasteiger partial charge in [-0.25, -0.2) is 39.9 Å². The van der Waals surface area contributed by atoms with Gasteiger partial charge in [-0.1, -0.05) is 32.9 Å². The van der Waals surface area contributed by atoms with Crippen LogP contribution in [0.1, 0.15) is 98.8 Å². The number of carbonyl (C=O) groups is 4. The first-order valence-corrected chi connectivity index (χ1v) is 24.6. The lowest BCUT2D eigenvalue weighted by atomic mass is 9.95. The fourth-order valence-corrected chi connectivity index (χ4v) is 8.88. The minimum atomic E-state index is 0. The lowest BCUT2D eigenvalue weighted by molar-refractivity contribution is 0.0920. The molecular weight excluding hydrogens is 980 g/mol. The summed E-state index contributed by atoms with van der Waals surface area (Å²) in [5.41, 5.74) is 16.7. The number of nitrogen functional groups attached to an aromatic ring is 1. The van der Waals surface area contributed by atoms with Gasteiger partial charge in [-0.15, -0.1) is 0 Å². The van der Waals surface area contributed by atoms with Crippen molar-refractivity contribution in [2.24, 2.45) is 11.8 Å². The van der Waals surface area contributed by atoms with Crippen molar-refractivity contribution >= 4 is 75.2 Å². The second-order valence-electron chi connectivity index (χ2n) is 18.3. The lowest BCUT2D eigenvalue weighted by Crippen LogP contribution is -2.39. The number of halogens is 1. The standard InChI is InChI=1S/2C14H14N4O.C14H13N3O.C10H11NO.C4H3ClN2.CH4/c2*1-9-6-10-7-11(2-3-12(10)14(19)17-9)18-13-4-5-15-8-16-13;1-9-6-10-7-11(2-3-12(10)14(9)18)17-13-4-5-15-8-16-13;1-6-4-7-5-8(11)2-3-9(7)10(6)12;5-4-1-2-6-3-7-4;/h2*2-5,7-9H,6H2,1H3,(H,17,19)(H,15,16,18);2-5,7-9H,6H2,1H3,(H,15,16,17);2-3,5-6H,4,11H2,1H3;1-3H;1H4. The van der Waals surface area contributed by atoms with Crippen LogP contribution < -0.4 is 32.3 Å². The molecule has 0 bridgehead atoms. The minimum Gasteiger partial charge on any atom is -0.399 e. The molecular formula is C57H59ClN14O4. The summed E-state index contributed by atoms with van der Waals surface area (Å²) in [6.45, 7) is 7.94. The van der Waals surface area contributed by atoms with Crippen LogP contribution in [0.3, 0.4) is 0 Å². The van der Waals surface area contributed by atoms with Crippen LogP contribution in [0.2, 0.25) is 5.15 Å². The highest BCUT2D eigenvalue weighted by Gasteiger charge is 2.28. The monoisotopic (exact) mass is 1040 g/mol. The number of amides is 2. The van der Waals surface area contributed by atoms with E-state index in [-0.39, 0.29) is 54.7 Å². The lowest BCUT2D eigenvalue weighted by Gasteiger charge is -2.23. The fraction of sp³-hybridized carbons (Fsp3) is 0.228. The molecule has 4 aliphatic rings. The molecule has 2 aliphatic carbocycles. The van der Waals surface area contributed by atoms with Crippen LogP contribution in [-0.4, -0.2) is 75.3 Å². The van der Waals surface area contributed by atoms with Crippen LogP contribution >= 0.6 is 11.6 Å². The van der Waals surface area contributed by atoms with Gasteiger partial charge in [0.25, 0.3) is 11.8 Å². The van der Waals surface area contributed by atoms with Gasteiger partial charge in [0, 0.05) is 93.7 Å². The number of nitrogens with zero attached hydrogens (tertiary/aromatic N) is 8. The van der Waals surface area contributed by atoms with E-state index in [4.69, 9.17) is 17.3 Å². The van der Waals surface area contributed by atoms with Gasteiger partial charge in [0.2, 0.25) is 0 Å². The van der Waals surface area contributed by atoms with Crippen molar-refractivity contribution in [1.82, 2.24) is 50.5 Å². The second-order valence-corrected chi connectivity index (χ2v) is 18.7. The highest BCUT2D eigenvalue weighted by molar-refractivity contribution is 6.29. The SMILES string of the molecule is C.CC1Cc2cc(N)ccc2C1=O.CC1Cc2cc(Nc3ccncn3)ccc2C(=O)N1.CC1Cc2cc(Nc3ccncn3)ccc2C(=O)N1.CC1Cc2cc(Nc3ccncn3)ccc2C1=O.Clc1ccncn1. The number of nitrogens with two attached hydrogens (primary N) is 1. The molecule has 2 aliphatic heterocycles. The molecule has 0 saturated carbocycles. The summed E-state index contributed by atoms with van der Waals surface area (Å²) >= 11 is 5.39. The topological polar surface area (TPSA) is 258 Å². The summed E-state index contributed by atoms with van der Waals surface area (Å²) < 4.78 is 0. The molecule has 19 heteroatoms. The number of nitrogens with one attached hydrogen (secondary N) is 5. The number of rotatable bonds is 6. The predicted octanol–water partition coefficient (Wildman–Crippen LogP) is 9.79. The highest BCUT2D eigenvalue weighted by atomic mass is 35.5. The van der Waals surface area contributed by atoms with Crippen molar-refractivity contribution in [2.75, 3.05) is 21.7 Å². The number of ketones is 2. The third kappa shape index (κ3) is 14.6. The number of benzene rings is 4. The van der Waals surface area contributed by atoms with Crippen LogP contribution in [0.25, 0.3) is 0 Å². The van der Waals surface area contributed by atoms with E-state index in [1.54, 1.807) is 55.1 Å². The molecule has 76 heavy (non-hydrogen) atoms. The Kier molecular flexibility index (Phi) is 18.6. The van der Waals surface area contributed by atoms with Gasteiger partial charge >= 0.3 is 0 Å². The molecule has 388 valence electrons. The molecule has 6 heterocycles. The molecule has 0 fully saturated rings. The molecule has 8 aromatic rings. The van der Waals surface area contributed by atoms with Gasteiger partial charge in [-0.05, 0) is 159 Å². The number of carbonyl (C=O) groups excluding carboxylic acids is 4. The van der Waals surface area contributed by atoms with Crippen LogP contribution in [0, 0.1) is 11.8 Å². The number of hydrogen-bond donors (Lipinski definition) is 6. The number of hydrogen-bond acceptors (Lipinski definition) is 16. The normalized spacial score (nSPS) is 17.1. The number of fused-ring (bicyclic) bond motifs is 4. The Morgan fingerprint density at radius 2 is 0.816 bits per heavy atom. The maximum Gasteiger partial charge on any atom is 0.251 e. The zero-order valence-electron chi connectivity index (χ0n) is 41.7. The van der Waals surface area contributed by atoms with E-state index in [0.29, 0.717) is 5.15 Å². The van der Waals surface area contributed by atoms with Gasteiger partial charge in [0.15, 0.2) is 11.6 Å². The summed E-state index contributed by atoms with van der Waals surface area (Å²) in [4.78, 5) is 78.2. The maximum absolute atomic E-state index is 11.8. The number of anilines is 7. The molecule has 4 atom stereocenters. The summed E-state index contributed by atoms with van der Waals surface area (Å²) in [5.74, 6) is 2.98. The van der Waals surface area contributed by atoms with Crippen molar-refractivity contribution in [3.63, 3.8) is 0 Å². The molecule has 0 radical (unpaired) electrons. The zero-order valence-corrected chi connectivity index (χ0v) is 42.4. The average Bonchev–Trinajstić information content (AvgIpc) is 3.85. The van der Waals surface area contributed by atoms with Crippen molar-refractivity contribution in [1.29, 1.82) is 0 Å². The van der Waals surface area contributed by atoms with Crippen LogP contribution in [0.15, 0.2) is 147 Å². The van der Waals surface area contributed by atoms with E-state index in [1.807, 2.05) is 94.4 Å². The smallest absolute Gasteiger partial charge is 0.251 e. The van der Waals surface area contributed by atoms with Crippen molar-refractivity contribution in [3.8, 4) is 0 Å². The van der Waals surface area contributed by atoms with Gasteiger partial charge < -0.3 is 32.3 Å². The Balaban J connectivity index is 0.000000142. The van der Waals surface area contributed by atoms with Crippen molar-refractivity contribution in [3.05, 3.63) is 197 Å². The van der Waals surface area contributed by atoms with Gasteiger partial charge in [0.05, 0.1) is 0 Å².